The second kappa shape index (κ2) is 5.63. The largest absolute Gasteiger partial charge is 0.342 e. The zero-order valence-corrected chi connectivity index (χ0v) is 10.5. The molecule has 0 spiro atoms. The number of carbonyl (C=O) groups excluding carboxylic acids is 1. The number of rotatable bonds is 3. The maximum Gasteiger partial charge on any atom is 0.224 e. The van der Waals surface area contributed by atoms with Crippen molar-refractivity contribution >= 4 is 15.7 Å². The third-order valence-corrected chi connectivity index (χ3v) is 4.58. The molecule has 5 nitrogen and oxygen atoms in total. The molecule has 1 heterocycles. The third-order valence-electron chi connectivity index (χ3n) is 2.87. The Morgan fingerprint density at radius 2 is 2.06 bits per heavy atom. The molecule has 0 aromatic carbocycles. The summed E-state index contributed by atoms with van der Waals surface area (Å²) in [5, 5.41) is 0. The third kappa shape index (κ3) is 4.09. The van der Waals surface area contributed by atoms with Crippen LogP contribution in [0.25, 0.3) is 0 Å². The van der Waals surface area contributed by atoms with Crippen LogP contribution in [-0.2, 0) is 14.6 Å². The van der Waals surface area contributed by atoms with Gasteiger partial charge in [-0.05, 0) is 12.8 Å². The highest BCUT2D eigenvalue weighted by atomic mass is 32.2. The van der Waals surface area contributed by atoms with E-state index >= 15 is 0 Å². The van der Waals surface area contributed by atoms with E-state index in [0.29, 0.717) is 25.9 Å². The van der Waals surface area contributed by atoms with Crippen LogP contribution < -0.4 is 5.73 Å². The molecule has 1 fully saturated rings. The normalized spacial score (nSPS) is 22.5. The van der Waals surface area contributed by atoms with Crippen molar-refractivity contribution in [2.75, 3.05) is 24.6 Å². The van der Waals surface area contributed by atoms with Gasteiger partial charge in [0.05, 0.1) is 11.5 Å². The Labute approximate surface area is 96.9 Å². The van der Waals surface area contributed by atoms with E-state index in [1.807, 2.05) is 6.92 Å². The molecule has 1 atom stereocenters. The van der Waals surface area contributed by atoms with E-state index in [1.54, 1.807) is 4.90 Å². The van der Waals surface area contributed by atoms with E-state index in [4.69, 9.17) is 5.73 Å². The lowest BCUT2D eigenvalue weighted by Crippen LogP contribution is -2.37. The summed E-state index contributed by atoms with van der Waals surface area (Å²) >= 11 is 0. The second-order valence-corrected chi connectivity index (χ2v) is 6.56. The molecular formula is C10H20N2O3S. The molecule has 0 saturated carbocycles. The van der Waals surface area contributed by atoms with Crippen molar-refractivity contribution in [2.24, 2.45) is 5.73 Å². The SMILES string of the molecule is CCC(N)CC(=O)N1CCCS(=O)(=O)CC1. The molecule has 16 heavy (non-hydrogen) atoms. The molecule has 94 valence electrons. The molecule has 6 heteroatoms. The minimum Gasteiger partial charge on any atom is -0.342 e. The Morgan fingerprint density at radius 3 is 2.69 bits per heavy atom. The van der Waals surface area contributed by atoms with Crippen LogP contribution in [0, 0.1) is 0 Å². The lowest BCUT2D eigenvalue weighted by molar-refractivity contribution is -0.131. The van der Waals surface area contributed by atoms with E-state index < -0.39 is 9.84 Å². The Morgan fingerprint density at radius 1 is 1.38 bits per heavy atom. The molecule has 0 radical (unpaired) electrons. The predicted octanol–water partition coefficient (Wildman–Crippen LogP) is -0.239. The van der Waals surface area contributed by atoms with Gasteiger partial charge in [-0.3, -0.25) is 4.79 Å². The number of nitrogens with two attached hydrogens (primary N) is 1. The van der Waals surface area contributed by atoms with Crippen LogP contribution in [0.1, 0.15) is 26.2 Å². The molecule has 1 saturated heterocycles. The van der Waals surface area contributed by atoms with E-state index in [9.17, 15) is 13.2 Å². The molecule has 0 aliphatic carbocycles. The highest BCUT2D eigenvalue weighted by Gasteiger charge is 2.23. The fraction of sp³-hybridized carbons (Fsp3) is 0.900. The van der Waals surface area contributed by atoms with Crippen molar-refractivity contribution in [3.63, 3.8) is 0 Å². The Kier molecular flexibility index (Phi) is 4.73. The zero-order chi connectivity index (χ0) is 12.2. The summed E-state index contributed by atoms with van der Waals surface area (Å²) < 4.78 is 22.7. The number of nitrogens with zero attached hydrogens (tertiary/aromatic N) is 1. The van der Waals surface area contributed by atoms with Gasteiger partial charge < -0.3 is 10.6 Å². The predicted molar refractivity (Wildman–Crippen MR) is 62.7 cm³/mol. The first-order valence-corrected chi connectivity index (χ1v) is 7.50. The van der Waals surface area contributed by atoms with E-state index in [-0.39, 0.29) is 23.5 Å². The molecule has 0 aromatic heterocycles. The number of sulfone groups is 1. The van der Waals surface area contributed by atoms with Crippen molar-refractivity contribution < 1.29 is 13.2 Å². The molecule has 0 bridgehead atoms. The number of amides is 1. The van der Waals surface area contributed by atoms with Gasteiger partial charge in [-0.2, -0.15) is 0 Å². The van der Waals surface area contributed by atoms with Crippen molar-refractivity contribution in [3.8, 4) is 0 Å². The summed E-state index contributed by atoms with van der Waals surface area (Å²) in [5.74, 6) is 0.253. The van der Waals surface area contributed by atoms with Gasteiger partial charge in [-0.1, -0.05) is 6.92 Å². The van der Waals surface area contributed by atoms with Crippen LogP contribution in [0.15, 0.2) is 0 Å². The van der Waals surface area contributed by atoms with Crippen LogP contribution in [0.3, 0.4) is 0 Å². The number of hydrogen-bond donors (Lipinski definition) is 1. The minimum absolute atomic E-state index is 0.0218. The monoisotopic (exact) mass is 248 g/mol. The van der Waals surface area contributed by atoms with Crippen molar-refractivity contribution in [3.05, 3.63) is 0 Å². The van der Waals surface area contributed by atoms with Crippen LogP contribution in [0.4, 0.5) is 0 Å². The zero-order valence-electron chi connectivity index (χ0n) is 9.68. The molecule has 1 aliphatic rings. The second-order valence-electron chi connectivity index (χ2n) is 4.26. The highest BCUT2D eigenvalue weighted by Crippen LogP contribution is 2.07. The smallest absolute Gasteiger partial charge is 0.224 e. The maximum atomic E-state index is 11.8. The lowest BCUT2D eigenvalue weighted by Gasteiger charge is -2.21. The van der Waals surface area contributed by atoms with Crippen LogP contribution in [0.2, 0.25) is 0 Å². The average molecular weight is 248 g/mol. The molecule has 1 aliphatic heterocycles. The van der Waals surface area contributed by atoms with Crippen molar-refractivity contribution in [2.45, 2.75) is 32.2 Å². The first kappa shape index (κ1) is 13.4. The standard InChI is InChI=1S/C10H20N2O3S/c1-2-9(11)8-10(13)12-4-3-6-16(14,15)7-5-12/h9H,2-8,11H2,1H3. The Hall–Kier alpha value is -0.620. The minimum atomic E-state index is -2.94. The quantitative estimate of drug-likeness (QED) is 0.747. The summed E-state index contributed by atoms with van der Waals surface area (Å²) in [5.41, 5.74) is 5.71. The number of carbonyl (C=O) groups is 1. The molecule has 2 N–H and O–H groups in total. The molecule has 1 amide bonds. The highest BCUT2D eigenvalue weighted by molar-refractivity contribution is 7.91. The van der Waals surface area contributed by atoms with Gasteiger partial charge in [0.25, 0.3) is 0 Å². The Balaban J connectivity index is 2.51. The number of hydrogen-bond acceptors (Lipinski definition) is 4. The fourth-order valence-electron chi connectivity index (χ4n) is 1.69. The van der Waals surface area contributed by atoms with E-state index in [1.165, 1.54) is 0 Å². The van der Waals surface area contributed by atoms with Gasteiger partial charge in [0, 0.05) is 25.6 Å². The molecule has 1 rings (SSSR count). The molecule has 0 aromatic rings. The topological polar surface area (TPSA) is 80.5 Å². The van der Waals surface area contributed by atoms with Crippen LogP contribution in [0.5, 0.6) is 0 Å². The first-order valence-electron chi connectivity index (χ1n) is 5.68. The lowest BCUT2D eigenvalue weighted by atomic mass is 10.1. The summed E-state index contributed by atoms with van der Waals surface area (Å²) in [7, 11) is -2.94. The van der Waals surface area contributed by atoms with Crippen molar-refractivity contribution in [1.29, 1.82) is 0 Å². The molecular weight excluding hydrogens is 228 g/mol. The maximum absolute atomic E-state index is 11.8. The van der Waals surface area contributed by atoms with Gasteiger partial charge >= 0.3 is 0 Å². The fourth-order valence-corrected chi connectivity index (χ4v) is 2.96. The summed E-state index contributed by atoms with van der Waals surface area (Å²) in [4.78, 5) is 13.4. The van der Waals surface area contributed by atoms with Crippen molar-refractivity contribution in [1.82, 2.24) is 4.90 Å². The van der Waals surface area contributed by atoms with Gasteiger partial charge in [0.2, 0.25) is 5.91 Å². The van der Waals surface area contributed by atoms with Crippen LogP contribution >= 0.6 is 0 Å². The summed E-state index contributed by atoms with van der Waals surface area (Å²) in [6, 6.07) is -0.118. The Bertz CT molecular complexity index is 340. The van der Waals surface area contributed by atoms with E-state index in [0.717, 1.165) is 6.42 Å². The van der Waals surface area contributed by atoms with Gasteiger partial charge in [-0.25, -0.2) is 8.42 Å². The van der Waals surface area contributed by atoms with Gasteiger partial charge in [0.1, 0.15) is 0 Å². The summed E-state index contributed by atoms with van der Waals surface area (Å²) in [6.07, 6.45) is 1.61. The van der Waals surface area contributed by atoms with Crippen LogP contribution in [-0.4, -0.2) is 49.9 Å². The summed E-state index contributed by atoms with van der Waals surface area (Å²) in [6.45, 7) is 2.79. The van der Waals surface area contributed by atoms with Gasteiger partial charge in [-0.15, -0.1) is 0 Å². The average Bonchev–Trinajstić information content (AvgIpc) is 2.39. The van der Waals surface area contributed by atoms with E-state index in [2.05, 4.69) is 0 Å². The van der Waals surface area contributed by atoms with Gasteiger partial charge in [0.15, 0.2) is 9.84 Å². The molecule has 1 unspecified atom stereocenters. The first-order chi connectivity index (χ1) is 7.44.